The number of nitrogens with one attached hydrogen (secondary N) is 2. The number of hydrogen-bond donors (Lipinski definition) is 4. The van der Waals surface area contributed by atoms with Crippen LogP contribution >= 0.6 is 23.5 Å². The number of carbonyl (C=O) groups is 12. The van der Waals surface area contributed by atoms with Crippen molar-refractivity contribution >= 4 is 113 Å². The predicted octanol–water partition coefficient (Wildman–Crippen LogP) is 5.94. The van der Waals surface area contributed by atoms with Crippen molar-refractivity contribution in [3.63, 3.8) is 0 Å². The number of methoxy groups -OCH3 is 2. The Labute approximate surface area is 571 Å². The van der Waals surface area contributed by atoms with Crippen molar-refractivity contribution < 1.29 is 142 Å². The van der Waals surface area contributed by atoms with Crippen LogP contribution in [0.1, 0.15) is 79.1 Å². The van der Waals surface area contributed by atoms with Crippen molar-refractivity contribution in [1.29, 1.82) is 0 Å². The molecule has 0 aromatic rings. The van der Waals surface area contributed by atoms with E-state index in [-0.39, 0.29) is 111 Å². The second-order valence-corrected chi connectivity index (χ2v) is 29.3. The van der Waals surface area contributed by atoms with Gasteiger partial charge < -0.3 is 95.4 Å². The molecule has 4 N–H and O–H groups in total. The Hall–Kier alpha value is -7.27. The molecule has 1 heterocycles. The standard InChI is InChI=1S/C23H31NO12S.C19H27NO9S.2C7H18O3Si.C4H4O3/c1-14(2)21(29)32-10-9-24-23(31)33-12-17(36-19(27)7-6-18(25)26)13-37-11-8-20(28)34-16(5)35-22(30)15(3)4;1-12(2)17(23)26-8-7-20-19(25)27-10-15(21)11-30-9-6-16(22)28-14(5)29-18(24)13(3)4;2*1-8-6-5-7-11(4,9-2)10-3;5-3-1-2-4(6)7-3/h17H,1,3,5-13H2,2,4H3,(H,24,31)(H,25,26);15,21H,1,3,5-11H2,2,4H3,(H,20,25);2*5-7H2,1-4H3;1-2H2. The first kappa shape index (κ1) is 95.1. The summed E-state index contributed by atoms with van der Waals surface area (Å²) in [6.07, 6.45) is -1.90. The van der Waals surface area contributed by atoms with Crippen LogP contribution in [0.2, 0.25) is 25.2 Å². The highest BCUT2D eigenvalue weighted by atomic mass is 32.2. The molecule has 1 aliphatic heterocycles. The highest BCUT2D eigenvalue weighted by Gasteiger charge is 2.29. The van der Waals surface area contributed by atoms with Crippen molar-refractivity contribution in [3.8, 4) is 0 Å². The van der Waals surface area contributed by atoms with Crippen LogP contribution in [-0.2, 0) is 122 Å². The Morgan fingerprint density at radius 1 is 0.510 bits per heavy atom. The van der Waals surface area contributed by atoms with Crippen LogP contribution < -0.4 is 10.6 Å². The Morgan fingerprint density at radius 2 is 0.885 bits per heavy atom. The number of carbonyl (C=O) groups excluding carboxylic acids is 11. The topological polar surface area (TPSA) is 417 Å². The van der Waals surface area contributed by atoms with Crippen LogP contribution in [0, 0.1) is 0 Å². The summed E-state index contributed by atoms with van der Waals surface area (Å²) in [6.45, 7) is 31.0. The lowest BCUT2D eigenvalue weighted by Crippen LogP contribution is -2.36. The highest BCUT2D eigenvalue weighted by Crippen LogP contribution is 2.16. The number of aliphatic hydroxyl groups excluding tert-OH is 1. The lowest BCUT2D eigenvalue weighted by Gasteiger charge is -2.22. The number of aliphatic carboxylic acids is 1. The van der Waals surface area contributed by atoms with E-state index in [2.05, 4.69) is 77.4 Å². The van der Waals surface area contributed by atoms with Gasteiger partial charge in [-0.15, -0.1) is 0 Å². The Kier molecular flexibility index (Phi) is 57.4. The summed E-state index contributed by atoms with van der Waals surface area (Å²) in [6, 6.07) is 1.99. The van der Waals surface area contributed by atoms with Crippen LogP contribution in [0.4, 0.5) is 9.59 Å². The number of esters is 9. The molecule has 2 atom stereocenters. The number of carboxylic acid groups (broad SMARTS) is 1. The molecule has 2 amide bonds. The van der Waals surface area contributed by atoms with Gasteiger partial charge in [0, 0.05) is 101 Å². The molecule has 36 heteroatoms. The fourth-order valence-corrected chi connectivity index (χ4v) is 9.98. The molecule has 1 rings (SSSR count). The molecule has 0 aliphatic carbocycles. The quantitative estimate of drug-likeness (QED) is 0.0104. The predicted molar refractivity (Wildman–Crippen MR) is 353 cm³/mol. The third kappa shape index (κ3) is 58.1. The number of rotatable bonds is 44. The maximum Gasteiger partial charge on any atom is 0.407 e. The molecule has 32 nitrogen and oxygen atoms in total. The van der Waals surface area contributed by atoms with Gasteiger partial charge in [0.2, 0.25) is 0 Å². The lowest BCUT2D eigenvalue weighted by molar-refractivity contribution is -0.153. The Balaban J connectivity index is -0.000000627. The van der Waals surface area contributed by atoms with Gasteiger partial charge in [-0.2, -0.15) is 23.5 Å². The zero-order valence-corrected chi connectivity index (χ0v) is 60.7. The first-order valence-corrected chi connectivity index (χ1v) is 36.5. The largest absolute Gasteiger partial charge is 0.481 e. The van der Waals surface area contributed by atoms with E-state index < -0.39 is 120 Å². The number of cyclic esters (lactones) is 2. The SMILES string of the molecule is C=C(OC(=O)CCSCC(COC(=O)NCCOC(=O)C(=C)C)OC(=O)CCC(=O)O)OC(=O)C(=C)C.C=C(OC(=O)CCSCC(O)COC(=O)NCCOC(=O)C(=C)C)OC(=O)C(=C)C.COCCC[Si](C)(OC)OC.COCCC[Si](C)(OC)OC.O=C1CCC(=O)O1. The number of thioether (sulfide) groups is 2. The highest BCUT2D eigenvalue weighted by molar-refractivity contribution is 7.99. The van der Waals surface area contributed by atoms with E-state index >= 15 is 0 Å². The van der Waals surface area contributed by atoms with Crippen molar-refractivity contribution in [3.05, 3.63) is 73.7 Å². The molecule has 0 saturated carbocycles. The van der Waals surface area contributed by atoms with E-state index in [1.807, 2.05) is 0 Å². The molecule has 0 aromatic heterocycles. The van der Waals surface area contributed by atoms with Gasteiger partial charge in [0.05, 0.1) is 57.7 Å². The third-order valence-corrected chi connectivity index (χ3v) is 19.3. The van der Waals surface area contributed by atoms with Gasteiger partial charge in [0.15, 0.2) is 0 Å². The minimum absolute atomic E-state index is 0.00866. The number of hydrogen-bond acceptors (Lipinski definition) is 31. The monoisotopic (exact) mass is 1450 g/mol. The molecule has 2 unspecified atom stereocenters. The smallest absolute Gasteiger partial charge is 0.407 e. The molecule has 548 valence electrons. The van der Waals surface area contributed by atoms with E-state index in [1.54, 1.807) is 42.7 Å². The van der Waals surface area contributed by atoms with Crippen molar-refractivity contribution in [2.24, 2.45) is 0 Å². The second-order valence-electron chi connectivity index (χ2n) is 19.8. The summed E-state index contributed by atoms with van der Waals surface area (Å²) in [5.41, 5.74) is 0.692. The molecule has 0 radical (unpaired) electrons. The fourth-order valence-electron chi connectivity index (χ4n) is 5.51. The van der Waals surface area contributed by atoms with Crippen LogP contribution in [0.25, 0.3) is 0 Å². The summed E-state index contributed by atoms with van der Waals surface area (Å²) in [7, 11) is 6.63. The van der Waals surface area contributed by atoms with Crippen LogP contribution in [-0.4, -0.2) is 230 Å². The van der Waals surface area contributed by atoms with E-state index in [9.17, 15) is 62.6 Å². The fraction of sp³-hybridized carbons (Fsp3) is 0.600. The zero-order valence-electron chi connectivity index (χ0n) is 57.1. The molecule has 1 saturated heterocycles. The normalized spacial score (nSPS) is 11.8. The van der Waals surface area contributed by atoms with Gasteiger partial charge in [0.1, 0.15) is 32.5 Å². The zero-order chi connectivity index (χ0) is 74.2. The first-order chi connectivity index (χ1) is 45.0. The maximum atomic E-state index is 11.9. The summed E-state index contributed by atoms with van der Waals surface area (Å²) in [4.78, 5) is 134. The first-order valence-electron chi connectivity index (χ1n) is 29.2. The molecule has 0 bridgehead atoms. The van der Waals surface area contributed by atoms with E-state index in [4.69, 9.17) is 65.4 Å². The average Bonchev–Trinajstić information content (AvgIpc) is 1.85. The van der Waals surface area contributed by atoms with Gasteiger partial charge in [-0.1, -0.05) is 26.3 Å². The summed E-state index contributed by atoms with van der Waals surface area (Å²) < 4.78 is 78.5. The van der Waals surface area contributed by atoms with Crippen molar-refractivity contribution in [2.75, 3.05) is 118 Å². The molecule has 1 fully saturated rings. The second kappa shape index (κ2) is 57.9. The van der Waals surface area contributed by atoms with E-state index in [0.29, 0.717) is 5.75 Å². The Morgan fingerprint density at radius 3 is 1.22 bits per heavy atom. The molecular formula is C60H98N2O30S2Si2. The molecule has 0 aromatic carbocycles. The molecular weight excluding hydrogens is 1350 g/mol. The van der Waals surface area contributed by atoms with E-state index in [1.165, 1.54) is 39.5 Å². The van der Waals surface area contributed by atoms with E-state index in [0.717, 1.165) is 49.9 Å². The number of amides is 2. The average molecular weight is 1450 g/mol. The number of aliphatic hydroxyl groups is 1. The number of carboxylic acids is 1. The third-order valence-electron chi connectivity index (χ3n) is 11.1. The summed E-state index contributed by atoms with van der Waals surface area (Å²) in [5, 5.41) is 23.2. The van der Waals surface area contributed by atoms with Crippen LogP contribution in [0.5, 0.6) is 0 Å². The van der Waals surface area contributed by atoms with Gasteiger partial charge in [0.25, 0.3) is 11.9 Å². The molecule has 1 aliphatic rings. The van der Waals surface area contributed by atoms with Crippen LogP contribution in [0.3, 0.4) is 0 Å². The lowest BCUT2D eigenvalue weighted by atomic mass is 10.3. The molecule has 0 spiro atoms. The number of ether oxygens (including phenoxy) is 12. The Bertz CT molecular complexity index is 2490. The minimum Gasteiger partial charge on any atom is -0.481 e. The van der Waals surface area contributed by atoms with Crippen LogP contribution in [0.15, 0.2) is 73.7 Å². The summed E-state index contributed by atoms with van der Waals surface area (Å²) in [5.74, 6) is -6.99. The maximum absolute atomic E-state index is 11.9. The van der Waals surface area contributed by atoms with Crippen molar-refractivity contribution in [2.45, 2.75) is 116 Å². The van der Waals surface area contributed by atoms with Crippen molar-refractivity contribution in [1.82, 2.24) is 10.6 Å². The van der Waals surface area contributed by atoms with Gasteiger partial charge in [-0.05, 0) is 78.9 Å². The minimum atomic E-state index is -1.81. The van der Waals surface area contributed by atoms with Gasteiger partial charge in [-0.3, -0.25) is 28.8 Å². The van der Waals surface area contributed by atoms with Gasteiger partial charge >= 0.3 is 89.0 Å². The number of alkyl carbamates (subject to hydrolysis) is 2. The summed E-state index contributed by atoms with van der Waals surface area (Å²) >= 11 is 2.39. The van der Waals surface area contributed by atoms with Gasteiger partial charge in [-0.25, -0.2) is 28.8 Å². The molecule has 96 heavy (non-hydrogen) atoms.